The van der Waals surface area contributed by atoms with Crippen LogP contribution in [-0.4, -0.2) is 44.1 Å². The average Bonchev–Trinajstić information content (AvgIpc) is 2.51. The van der Waals surface area contributed by atoms with Crippen molar-refractivity contribution in [2.45, 2.75) is 6.42 Å². The third kappa shape index (κ3) is 4.11. The van der Waals surface area contributed by atoms with Crippen molar-refractivity contribution in [2.75, 3.05) is 43.3 Å². The predicted octanol–water partition coefficient (Wildman–Crippen LogP) is 2.58. The van der Waals surface area contributed by atoms with Crippen LogP contribution in [0.5, 0.6) is 0 Å². The molecule has 128 valence electrons. The molecule has 0 spiro atoms. The summed E-state index contributed by atoms with van der Waals surface area (Å²) in [5.74, 6) is 0.173. The molecule has 0 aliphatic carbocycles. The summed E-state index contributed by atoms with van der Waals surface area (Å²) in [5.41, 5.74) is 0.608. The first kappa shape index (κ1) is 17.9. The Kier molecular flexibility index (Phi) is 5.56. The molecule has 2 aromatic rings. The lowest BCUT2D eigenvalue weighted by Crippen LogP contribution is -2.22. The molecule has 6 nitrogen and oxygen atoms in total. The Balaban J connectivity index is 2.22. The topological polar surface area (TPSA) is 61.4 Å². The van der Waals surface area contributed by atoms with E-state index in [0.717, 1.165) is 0 Å². The number of amides is 1. The smallest absolute Gasteiger partial charge is 0.229 e. The zero-order valence-electron chi connectivity index (χ0n) is 14.0. The molecule has 0 fully saturated rings. The number of hydrogen-bond acceptors (Lipinski definition) is 5. The highest BCUT2D eigenvalue weighted by Crippen LogP contribution is 2.24. The molecule has 0 saturated heterocycles. The van der Waals surface area contributed by atoms with Gasteiger partial charge >= 0.3 is 0 Å². The minimum absolute atomic E-state index is 0.161. The molecule has 0 aliphatic heterocycles. The first-order valence-corrected chi connectivity index (χ1v) is 7.61. The molecular formula is C16H19ClFN5O. The van der Waals surface area contributed by atoms with Crippen molar-refractivity contribution < 1.29 is 9.18 Å². The summed E-state index contributed by atoms with van der Waals surface area (Å²) in [6.07, 6.45) is 1.35. The summed E-state index contributed by atoms with van der Waals surface area (Å²) >= 11 is 5.96. The van der Waals surface area contributed by atoms with Gasteiger partial charge in [0.15, 0.2) is 5.82 Å². The fraction of sp³-hybridized carbons (Fsp3) is 0.312. The first-order chi connectivity index (χ1) is 11.3. The largest absolute Gasteiger partial charge is 0.361 e. The van der Waals surface area contributed by atoms with Crippen molar-refractivity contribution >= 4 is 35.0 Å². The van der Waals surface area contributed by atoms with E-state index >= 15 is 0 Å². The molecule has 0 unspecified atom stereocenters. The molecule has 8 heteroatoms. The molecule has 24 heavy (non-hydrogen) atoms. The number of anilines is 3. The summed E-state index contributed by atoms with van der Waals surface area (Å²) in [6.45, 7) is 0. The maximum absolute atomic E-state index is 13.8. The highest BCUT2D eigenvalue weighted by molar-refractivity contribution is 6.31. The van der Waals surface area contributed by atoms with Crippen molar-refractivity contribution in [1.29, 1.82) is 0 Å². The molecule has 1 N–H and O–H groups in total. The Morgan fingerprint density at radius 3 is 2.54 bits per heavy atom. The third-order valence-corrected chi connectivity index (χ3v) is 3.61. The van der Waals surface area contributed by atoms with Gasteiger partial charge in [0.25, 0.3) is 0 Å². The fourth-order valence-electron chi connectivity index (χ4n) is 2.06. The molecule has 0 atom stereocenters. The Hall–Kier alpha value is -2.41. The van der Waals surface area contributed by atoms with Crippen LogP contribution in [0.1, 0.15) is 5.56 Å². The Bertz CT molecular complexity index is 731. The normalized spacial score (nSPS) is 10.4. The Morgan fingerprint density at radius 2 is 1.96 bits per heavy atom. The maximum Gasteiger partial charge on any atom is 0.229 e. The number of carbonyl (C=O) groups is 1. The minimum atomic E-state index is -0.510. The molecule has 2 rings (SSSR count). The van der Waals surface area contributed by atoms with Crippen molar-refractivity contribution in [3.05, 3.63) is 40.8 Å². The molecule has 1 aromatic heterocycles. The average molecular weight is 352 g/mol. The van der Waals surface area contributed by atoms with E-state index in [0.29, 0.717) is 17.5 Å². The third-order valence-electron chi connectivity index (χ3n) is 3.25. The maximum atomic E-state index is 13.8. The Labute approximate surface area is 145 Å². The van der Waals surface area contributed by atoms with E-state index in [4.69, 9.17) is 11.6 Å². The van der Waals surface area contributed by atoms with Crippen LogP contribution >= 0.6 is 11.6 Å². The van der Waals surface area contributed by atoms with Crippen LogP contribution in [0.15, 0.2) is 24.4 Å². The minimum Gasteiger partial charge on any atom is -0.361 e. The van der Waals surface area contributed by atoms with Gasteiger partial charge in [0.2, 0.25) is 11.9 Å². The number of nitrogens with zero attached hydrogens (tertiary/aromatic N) is 4. The standard InChI is InChI=1S/C16H19ClFN5O/c1-22(2)15-13(9-19-16(21-15)23(3)4)20-14(24)8-10-11(17)6-5-7-12(10)18/h5-7,9H,8H2,1-4H3,(H,20,24). The number of aromatic nitrogens is 2. The molecule has 0 radical (unpaired) electrons. The molecule has 0 bridgehead atoms. The summed E-state index contributed by atoms with van der Waals surface area (Å²) in [6, 6.07) is 4.32. The van der Waals surface area contributed by atoms with E-state index in [1.807, 2.05) is 28.2 Å². The molecule has 1 heterocycles. The quantitative estimate of drug-likeness (QED) is 0.897. The predicted molar refractivity (Wildman–Crippen MR) is 94.4 cm³/mol. The van der Waals surface area contributed by atoms with Crippen LogP contribution in [0.3, 0.4) is 0 Å². The lowest BCUT2D eigenvalue weighted by Gasteiger charge is -2.19. The van der Waals surface area contributed by atoms with E-state index in [1.165, 1.54) is 18.3 Å². The summed E-state index contributed by atoms with van der Waals surface area (Å²) in [4.78, 5) is 24.4. The SMILES string of the molecule is CN(C)c1ncc(NC(=O)Cc2c(F)cccc2Cl)c(N(C)C)n1. The van der Waals surface area contributed by atoms with E-state index < -0.39 is 11.7 Å². The van der Waals surface area contributed by atoms with Crippen molar-refractivity contribution in [2.24, 2.45) is 0 Å². The van der Waals surface area contributed by atoms with Gasteiger partial charge in [-0.1, -0.05) is 17.7 Å². The number of benzene rings is 1. The second-order valence-electron chi connectivity index (χ2n) is 5.62. The van der Waals surface area contributed by atoms with Gasteiger partial charge in [0.05, 0.1) is 12.6 Å². The highest BCUT2D eigenvalue weighted by Gasteiger charge is 2.16. The van der Waals surface area contributed by atoms with Gasteiger partial charge in [-0.05, 0) is 12.1 Å². The highest BCUT2D eigenvalue weighted by atomic mass is 35.5. The summed E-state index contributed by atoms with van der Waals surface area (Å²) in [7, 11) is 7.27. The van der Waals surface area contributed by atoms with Gasteiger partial charge < -0.3 is 15.1 Å². The number of carbonyl (C=O) groups excluding carboxylic acids is 1. The molecular weight excluding hydrogens is 333 g/mol. The van der Waals surface area contributed by atoms with Crippen LogP contribution < -0.4 is 15.1 Å². The number of hydrogen-bond donors (Lipinski definition) is 1. The monoisotopic (exact) mass is 351 g/mol. The van der Waals surface area contributed by atoms with Crippen LogP contribution in [0.4, 0.5) is 21.8 Å². The van der Waals surface area contributed by atoms with E-state index in [9.17, 15) is 9.18 Å². The lowest BCUT2D eigenvalue weighted by atomic mass is 10.1. The fourth-order valence-corrected chi connectivity index (χ4v) is 2.29. The van der Waals surface area contributed by atoms with Crippen molar-refractivity contribution in [3.63, 3.8) is 0 Å². The van der Waals surface area contributed by atoms with Crippen LogP contribution in [0, 0.1) is 5.82 Å². The lowest BCUT2D eigenvalue weighted by molar-refractivity contribution is -0.115. The van der Waals surface area contributed by atoms with Crippen LogP contribution in [-0.2, 0) is 11.2 Å². The zero-order chi connectivity index (χ0) is 17.9. The van der Waals surface area contributed by atoms with Gasteiger partial charge in [-0.25, -0.2) is 9.37 Å². The Morgan fingerprint density at radius 1 is 1.25 bits per heavy atom. The number of nitrogens with one attached hydrogen (secondary N) is 1. The number of rotatable bonds is 5. The molecule has 0 saturated carbocycles. The van der Waals surface area contributed by atoms with Gasteiger partial charge in [0, 0.05) is 38.8 Å². The molecule has 1 aromatic carbocycles. The van der Waals surface area contributed by atoms with Crippen LogP contribution in [0.2, 0.25) is 5.02 Å². The molecule has 1 amide bonds. The second-order valence-corrected chi connectivity index (χ2v) is 6.03. The van der Waals surface area contributed by atoms with Crippen molar-refractivity contribution in [1.82, 2.24) is 9.97 Å². The second kappa shape index (κ2) is 7.44. The summed E-state index contributed by atoms with van der Waals surface area (Å²) in [5, 5.41) is 2.93. The molecule has 0 aliphatic rings. The van der Waals surface area contributed by atoms with Gasteiger partial charge in [-0.2, -0.15) is 4.98 Å². The van der Waals surface area contributed by atoms with E-state index in [-0.39, 0.29) is 17.0 Å². The first-order valence-electron chi connectivity index (χ1n) is 7.24. The van der Waals surface area contributed by atoms with Crippen LogP contribution in [0.25, 0.3) is 0 Å². The van der Waals surface area contributed by atoms with Gasteiger partial charge in [-0.15, -0.1) is 0 Å². The number of halogens is 2. The van der Waals surface area contributed by atoms with E-state index in [1.54, 1.807) is 15.9 Å². The van der Waals surface area contributed by atoms with E-state index in [2.05, 4.69) is 15.3 Å². The van der Waals surface area contributed by atoms with Crippen molar-refractivity contribution in [3.8, 4) is 0 Å². The summed E-state index contributed by atoms with van der Waals surface area (Å²) < 4.78 is 13.8. The van der Waals surface area contributed by atoms with Gasteiger partial charge in [0.1, 0.15) is 11.5 Å². The van der Waals surface area contributed by atoms with Gasteiger partial charge in [-0.3, -0.25) is 4.79 Å². The zero-order valence-corrected chi connectivity index (χ0v) is 14.7.